The van der Waals surface area contributed by atoms with Crippen molar-refractivity contribution in [2.45, 2.75) is 18.4 Å². The second kappa shape index (κ2) is 7.45. The molecule has 0 N–H and O–H groups in total. The molecule has 126 valence electrons. The van der Waals surface area contributed by atoms with E-state index in [2.05, 4.69) is 4.98 Å². The molecule has 0 aliphatic carbocycles. The van der Waals surface area contributed by atoms with E-state index >= 15 is 0 Å². The molecule has 5 nitrogen and oxygen atoms in total. The number of para-hydroxylation sites is 1. The highest BCUT2D eigenvalue weighted by molar-refractivity contribution is 5.92. The van der Waals surface area contributed by atoms with E-state index < -0.39 is 5.60 Å². The molecule has 2 heterocycles. The molecular formula is C19H22N2O3. The molecule has 1 aromatic heterocycles. The van der Waals surface area contributed by atoms with Crippen molar-refractivity contribution >= 4 is 5.91 Å². The van der Waals surface area contributed by atoms with Gasteiger partial charge in [-0.05, 0) is 37.1 Å². The summed E-state index contributed by atoms with van der Waals surface area (Å²) in [6, 6.07) is 15.0. The molecule has 1 saturated heterocycles. The maximum atomic E-state index is 12.6. The van der Waals surface area contributed by atoms with Gasteiger partial charge in [0.25, 0.3) is 5.91 Å². The van der Waals surface area contributed by atoms with Crippen LogP contribution < -0.4 is 4.74 Å². The number of hydrogen-bond acceptors (Lipinski definition) is 4. The summed E-state index contributed by atoms with van der Waals surface area (Å²) >= 11 is 0. The first-order valence-electron chi connectivity index (χ1n) is 8.16. The number of hydrogen-bond donors (Lipinski definition) is 0. The third-order valence-corrected chi connectivity index (χ3v) is 4.39. The number of nitrogens with zero attached hydrogens (tertiary/aromatic N) is 2. The van der Waals surface area contributed by atoms with Crippen LogP contribution in [0.3, 0.4) is 0 Å². The number of ether oxygens (including phenoxy) is 2. The third kappa shape index (κ3) is 3.74. The zero-order valence-electron chi connectivity index (χ0n) is 13.9. The Kier molecular flexibility index (Phi) is 5.11. The van der Waals surface area contributed by atoms with Crippen molar-refractivity contribution < 1.29 is 14.3 Å². The summed E-state index contributed by atoms with van der Waals surface area (Å²) in [6.45, 7) is 1.64. The number of pyridine rings is 1. The smallest absolute Gasteiger partial charge is 0.272 e. The van der Waals surface area contributed by atoms with Gasteiger partial charge in [-0.2, -0.15) is 0 Å². The second-order valence-corrected chi connectivity index (χ2v) is 6.03. The summed E-state index contributed by atoms with van der Waals surface area (Å²) in [5, 5.41) is 0. The second-order valence-electron chi connectivity index (χ2n) is 6.03. The number of benzene rings is 1. The average Bonchev–Trinajstić information content (AvgIpc) is 2.67. The largest absolute Gasteiger partial charge is 0.491 e. The van der Waals surface area contributed by atoms with E-state index in [0.717, 1.165) is 18.6 Å². The lowest BCUT2D eigenvalue weighted by atomic mass is 9.93. The molecule has 0 spiro atoms. The maximum absolute atomic E-state index is 12.6. The first kappa shape index (κ1) is 16.5. The Bertz CT molecular complexity index is 663. The minimum Gasteiger partial charge on any atom is -0.491 e. The predicted molar refractivity (Wildman–Crippen MR) is 91.1 cm³/mol. The zero-order chi connectivity index (χ0) is 16.8. The van der Waals surface area contributed by atoms with Crippen molar-refractivity contribution in [3.8, 4) is 5.75 Å². The molecule has 24 heavy (non-hydrogen) atoms. The molecule has 2 aromatic rings. The van der Waals surface area contributed by atoms with E-state index in [0.29, 0.717) is 25.4 Å². The minimum absolute atomic E-state index is 0.0589. The first-order valence-corrected chi connectivity index (χ1v) is 8.16. The van der Waals surface area contributed by atoms with E-state index in [1.807, 2.05) is 41.3 Å². The Morgan fingerprint density at radius 3 is 2.71 bits per heavy atom. The number of amides is 1. The lowest BCUT2D eigenvalue weighted by molar-refractivity contribution is -0.0825. The molecule has 0 bridgehead atoms. The summed E-state index contributed by atoms with van der Waals surface area (Å²) in [7, 11) is 1.68. The van der Waals surface area contributed by atoms with Crippen LogP contribution in [0.25, 0.3) is 0 Å². The normalized spacial score (nSPS) is 20.6. The van der Waals surface area contributed by atoms with Crippen LogP contribution in [-0.4, -0.2) is 48.2 Å². The van der Waals surface area contributed by atoms with Crippen LogP contribution in [-0.2, 0) is 4.74 Å². The zero-order valence-corrected chi connectivity index (χ0v) is 13.9. The summed E-state index contributed by atoms with van der Waals surface area (Å²) in [6.07, 6.45) is 3.38. The minimum atomic E-state index is -0.488. The van der Waals surface area contributed by atoms with Gasteiger partial charge in [-0.1, -0.05) is 24.3 Å². The average molecular weight is 326 g/mol. The van der Waals surface area contributed by atoms with Crippen molar-refractivity contribution in [3.05, 3.63) is 60.4 Å². The van der Waals surface area contributed by atoms with E-state index in [-0.39, 0.29) is 5.91 Å². The molecule has 3 rings (SSSR count). The van der Waals surface area contributed by atoms with Gasteiger partial charge in [0, 0.05) is 19.9 Å². The van der Waals surface area contributed by atoms with Crippen molar-refractivity contribution in [3.63, 3.8) is 0 Å². The topological polar surface area (TPSA) is 51.7 Å². The van der Waals surface area contributed by atoms with Crippen molar-refractivity contribution in [2.75, 3.05) is 26.8 Å². The van der Waals surface area contributed by atoms with E-state index in [4.69, 9.17) is 9.47 Å². The van der Waals surface area contributed by atoms with Gasteiger partial charge in [-0.25, -0.2) is 0 Å². The van der Waals surface area contributed by atoms with Gasteiger partial charge < -0.3 is 14.4 Å². The molecule has 0 saturated carbocycles. The van der Waals surface area contributed by atoms with E-state index in [1.165, 1.54) is 0 Å². The molecule has 1 aliphatic heterocycles. The fraction of sp³-hybridized carbons (Fsp3) is 0.368. The maximum Gasteiger partial charge on any atom is 0.272 e. The molecule has 1 atom stereocenters. The van der Waals surface area contributed by atoms with Crippen molar-refractivity contribution in [2.24, 2.45) is 0 Å². The number of likely N-dealkylation sites (tertiary alicyclic amines) is 1. The van der Waals surface area contributed by atoms with Crippen LogP contribution in [0.4, 0.5) is 0 Å². The number of rotatable bonds is 5. The third-order valence-electron chi connectivity index (χ3n) is 4.39. The predicted octanol–water partition coefficient (Wildman–Crippen LogP) is 2.78. The van der Waals surface area contributed by atoms with Crippen LogP contribution >= 0.6 is 0 Å². The van der Waals surface area contributed by atoms with E-state index in [9.17, 15) is 4.79 Å². The van der Waals surface area contributed by atoms with Gasteiger partial charge in [0.1, 0.15) is 23.7 Å². The highest BCUT2D eigenvalue weighted by atomic mass is 16.5. The molecule has 0 radical (unpaired) electrons. The van der Waals surface area contributed by atoms with Crippen LogP contribution in [0.5, 0.6) is 5.75 Å². The number of methoxy groups -OCH3 is 1. The number of aromatic nitrogens is 1. The van der Waals surface area contributed by atoms with Gasteiger partial charge in [0.05, 0.1) is 6.54 Å². The van der Waals surface area contributed by atoms with Gasteiger partial charge in [-0.15, -0.1) is 0 Å². The Balaban J connectivity index is 1.68. The molecule has 1 aliphatic rings. The highest BCUT2D eigenvalue weighted by Gasteiger charge is 2.38. The summed E-state index contributed by atoms with van der Waals surface area (Å²) in [5.74, 6) is 0.749. The standard InChI is InChI=1S/C19H22N2O3/c1-23-19(15-24-16-8-3-2-4-9-16)11-7-13-21(14-19)18(22)17-10-5-6-12-20-17/h2-6,8-10,12H,7,11,13-15H2,1H3. The lowest BCUT2D eigenvalue weighted by Crippen LogP contribution is -2.54. The summed E-state index contributed by atoms with van der Waals surface area (Å²) in [5.41, 5.74) is -0.0215. The Labute approximate surface area is 142 Å². The number of carbonyl (C=O) groups excluding carboxylic acids is 1. The Hall–Kier alpha value is -2.40. The van der Waals surface area contributed by atoms with Gasteiger partial charge >= 0.3 is 0 Å². The summed E-state index contributed by atoms with van der Waals surface area (Å²) in [4.78, 5) is 18.6. The lowest BCUT2D eigenvalue weighted by Gasteiger charge is -2.41. The van der Waals surface area contributed by atoms with Crippen LogP contribution in [0.1, 0.15) is 23.3 Å². The van der Waals surface area contributed by atoms with Crippen LogP contribution in [0, 0.1) is 0 Å². The van der Waals surface area contributed by atoms with Gasteiger partial charge in [0.2, 0.25) is 0 Å². The molecule has 5 heteroatoms. The number of carbonyl (C=O) groups is 1. The fourth-order valence-electron chi connectivity index (χ4n) is 3.00. The first-order chi connectivity index (χ1) is 11.7. The number of piperidine rings is 1. The summed E-state index contributed by atoms with van der Waals surface area (Å²) < 4.78 is 11.7. The highest BCUT2D eigenvalue weighted by Crippen LogP contribution is 2.27. The van der Waals surface area contributed by atoms with Crippen molar-refractivity contribution in [1.29, 1.82) is 0 Å². The van der Waals surface area contributed by atoms with Gasteiger partial charge in [0.15, 0.2) is 0 Å². The Morgan fingerprint density at radius 2 is 2.00 bits per heavy atom. The quantitative estimate of drug-likeness (QED) is 0.848. The monoisotopic (exact) mass is 326 g/mol. The van der Waals surface area contributed by atoms with E-state index in [1.54, 1.807) is 25.4 Å². The fourth-order valence-corrected chi connectivity index (χ4v) is 3.00. The van der Waals surface area contributed by atoms with Crippen LogP contribution in [0.2, 0.25) is 0 Å². The molecule has 1 amide bonds. The van der Waals surface area contributed by atoms with Crippen LogP contribution in [0.15, 0.2) is 54.7 Å². The van der Waals surface area contributed by atoms with Gasteiger partial charge in [-0.3, -0.25) is 9.78 Å². The molecule has 1 aromatic carbocycles. The molecular weight excluding hydrogens is 304 g/mol. The molecule has 1 unspecified atom stereocenters. The molecule has 1 fully saturated rings. The SMILES string of the molecule is COC1(COc2ccccc2)CCCN(C(=O)c2ccccn2)C1. The van der Waals surface area contributed by atoms with Crippen molar-refractivity contribution in [1.82, 2.24) is 9.88 Å². The Morgan fingerprint density at radius 1 is 1.21 bits per heavy atom.